The van der Waals surface area contributed by atoms with Crippen LogP contribution in [0.15, 0.2) is 18.2 Å². The molecule has 1 atom stereocenters. The maximum absolute atomic E-state index is 12.1. The second-order valence-electron chi connectivity index (χ2n) is 5.00. The average Bonchev–Trinajstić information content (AvgIpc) is 2.75. The number of hydrogen-bond acceptors (Lipinski definition) is 3. The maximum atomic E-state index is 12.1. The molecule has 0 radical (unpaired) electrons. The first-order valence-electron chi connectivity index (χ1n) is 6.27. The van der Waals surface area contributed by atoms with E-state index in [0.717, 1.165) is 30.5 Å². The number of sulfonamides is 1. The molecule has 1 saturated heterocycles. The summed E-state index contributed by atoms with van der Waals surface area (Å²) >= 11 is 0. The van der Waals surface area contributed by atoms with Gasteiger partial charge in [-0.05, 0) is 50.4 Å². The van der Waals surface area contributed by atoms with Crippen molar-refractivity contribution in [2.45, 2.75) is 32.7 Å². The summed E-state index contributed by atoms with van der Waals surface area (Å²) < 4.78 is 26.8. The Kier molecular flexibility index (Phi) is 3.92. The molecule has 0 spiro atoms. The fourth-order valence-electron chi connectivity index (χ4n) is 2.22. The lowest BCUT2D eigenvalue weighted by atomic mass is 10.1. The summed E-state index contributed by atoms with van der Waals surface area (Å²) in [6.07, 6.45) is 2.00. The topological polar surface area (TPSA) is 58.2 Å². The molecule has 1 unspecified atom stereocenters. The lowest BCUT2D eigenvalue weighted by Crippen LogP contribution is -2.32. The van der Waals surface area contributed by atoms with E-state index in [0.29, 0.717) is 5.69 Å². The van der Waals surface area contributed by atoms with Crippen LogP contribution < -0.4 is 10.0 Å². The number of anilines is 1. The van der Waals surface area contributed by atoms with E-state index in [9.17, 15) is 8.42 Å². The summed E-state index contributed by atoms with van der Waals surface area (Å²) in [6.45, 7) is 4.78. The zero-order valence-corrected chi connectivity index (χ0v) is 11.7. The van der Waals surface area contributed by atoms with Gasteiger partial charge in [-0.3, -0.25) is 4.72 Å². The highest BCUT2D eigenvalue weighted by atomic mass is 32.2. The lowest BCUT2D eigenvalue weighted by molar-refractivity contribution is 0.581. The molecule has 1 aliphatic rings. The average molecular weight is 268 g/mol. The number of benzene rings is 1. The molecule has 5 heteroatoms. The van der Waals surface area contributed by atoms with Crippen LogP contribution >= 0.6 is 0 Å². The van der Waals surface area contributed by atoms with E-state index in [1.54, 1.807) is 0 Å². The molecule has 4 nitrogen and oxygen atoms in total. The van der Waals surface area contributed by atoms with Gasteiger partial charge >= 0.3 is 0 Å². The Bertz CT molecular complexity index is 520. The Morgan fingerprint density at radius 3 is 2.83 bits per heavy atom. The molecule has 0 saturated carbocycles. The second kappa shape index (κ2) is 5.28. The first kappa shape index (κ1) is 13.4. The number of rotatable bonds is 4. The summed E-state index contributed by atoms with van der Waals surface area (Å²) in [5, 5.41) is 3.21. The molecule has 0 aromatic heterocycles. The maximum Gasteiger partial charge on any atom is 0.234 e. The van der Waals surface area contributed by atoms with Gasteiger partial charge in [-0.1, -0.05) is 12.1 Å². The molecule has 100 valence electrons. The van der Waals surface area contributed by atoms with Gasteiger partial charge in [-0.25, -0.2) is 8.42 Å². The summed E-state index contributed by atoms with van der Waals surface area (Å²) in [6, 6.07) is 5.87. The highest BCUT2D eigenvalue weighted by Gasteiger charge is 2.22. The van der Waals surface area contributed by atoms with Crippen LogP contribution in [0.25, 0.3) is 0 Å². The molecule has 0 bridgehead atoms. The molecule has 1 aromatic rings. The molecule has 0 amide bonds. The lowest BCUT2D eigenvalue weighted by Gasteiger charge is -2.14. The molecule has 1 heterocycles. The highest BCUT2D eigenvalue weighted by molar-refractivity contribution is 7.92. The molecule has 1 fully saturated rings. The minimum absolute atomic E-state index is 0.0904. The van der Waals surface area contributed by atoms with Gasteiger partial charge in [0.05, 0.1) is 11.4 Å². The van der Waals surface area contributed by atoms with Crippen LogP contribution in [-0.4, -0.2) is 26.8 Å². The van der Waals surface area contributed by atoms with Crippen molar-refractivity contribution in [2.75, 3.05) is 17.0 Å². The van der Waals surface area contributed by atoms with Crippen LogP contribution in [0.1, 0.15) is 24.0 Å². The Balaban J connectivity index is 2.09. The van der Waals surface area contributed by atoms with Crippen molar-refractivity contribution in [2.24, 2.45) is 0 Å². The zero-order valence-electron chi connectivity index (χ0n) is 10.9. The third-order valence-electron chi connectivity index (χ3n) is 3.24. The summed E-state index contributed by atoms with van der Waals surface area (Å²) in [4.78, 5) is 0. The Morgan fingerprint density at radius 1 is 1.39 bits per heavy atom. The molecule has 0 aliphatic carbocycles. The number of hydrogen-bond donors (Lipinski definition) is 2. The van der Waals surface area contributed by atoms with Gasteiger partial charge in [-0.15, -0.1) is 0 Å². The fourth-order valence-corrected chi connectivity index (χ4v) is 3.67. The first-order valence-corrected chi connectivity index (χ1v) is 7.93. The van der Waals surface area contributed by atoms with Crippen molar-refractivity contribution in [1.82, 2.24) is 5.32 Å². The van der Waals surface area contributed by atoms with Crippen LogP contribution in [0.5, 0.6) is 0 Å². The van der Waals surface area contributed by atoms with Gasteiger partial charge in [-0.2, -0.15) is 0 Å². The number of nitrogens with one attached hydrogen (secondary N) is 2. The summed E-state index contributed by atoms with van der Waals surface area (Å²) in [5.74, 6) is 0.153. The molecular formula is C13H20N2O2S. The minimum atomic E-state index is -3.27. The van der Waals surface area contributed by atoms with Crippen molar-refractivity contribution in [1.29, 1.82) is 0 Å². The molecule has 1 aromatic carbocycles. The van der Waals surface area contributed by atoms with E-state index in [1.165, 1.54) is 0 Å². The van der Waals surface area contributed by atoms with Gasteiger partial charge in [0.1, 0.15) is 0 Å². The van der Waals surface area contributed by atoms with Crippen molar-refractivity contribution in [3.05, 3.63) is 29.3 Å². The van der Waals surface area contributed by atoms with Crippen LogP contribution in [0.4, 0.5) is 5.69 Å². The SMILES string of the molecule is Cc1ccc(C)c(NS(=O)(=O)CC2CCCN2)c1. The monoisotopic (exact) mass is 268 g/mol. The van der Waals surface area contributed by atoms with Crippen molar-refractivity contribution in [3.8, 4) is 0 Å². The largest absolute Gasteiger partial charge is 0.313 e. The minimum Gasteiger partial charge on any atom is -0.313 e. The van der Waals surface area contributed by atoms with E-state index in [-0.39, 0.29) is 11.8 Å². The molecule has 1 aliphatic heterocycles. The highest BCUT2D eigenvalue weighted by Crippen LogP contribution is 2.18. The van der Waals surface area contributed by atoms with E-state index < -0.39 is 10.0 Å². The van der Waals surface area contributed by atoms with E-state index >= 15 is 0 Å². The molecule has 2 N–H and O–H groups in total. The van der Waals surface area contributed by atoms with Gasteiger partial charge in [0.25, 0.3) is 0 Å². The fraction of sp³-hybridized carbons (Fsp3) is 0.538. The van der Waals surface area contributed by atoms with Crippen LogP contribution in [-0.2, 0) is 10.0 Å². The Hall–Kier alpha value is -1.07. The Morgan fingerprint density at radius 2 is 2.17 bits per heavy atom. The normalized spacial score (nSPS) is 20.0. The van der Waals surface area contributed by atoms with Gasteiger partial charge in [0.15, 0.2) is 0 Å². The third-order valence-corrected chi connectivity index (χ3v) is 4.61. The second-order valence-corrected chi connectivity index (χ2v) is 6.76. The summed E-state index contributed by atoms with van der Waals surface area (Å²) in [7, 11) is -3.27. The quantitative estimate of drug-likeness (QED) is 0.875. The smallest absolute Gasteiger partial charge is 0.234 e. The molecule has 2 rings (SSSR count). The predicted molar refractivity (Wildman–Crippen MR) is 74.4 cm³/mol. The zero-order chi connectivity index (χ0) is 13.2. The van der Waals surface area contributed by atoms with Gasteiger partial charge in [0.2, 0.25) is 10.0 Å². The summed E-state index contributed by atoms with van der Waals surface area (Å²) in [5.41, 5.74) is 2.69. The first-order chi connectivity index (χ1) is 8.46. The van der Waals surface area contributed by atoms with Gasteiger partial charge in [0, 0.05) is 6.04 Å². The predicted octanol–water partition coefficient (Wildman–Crippen LogP) is 1.80. The van der Waals surface area contributed by atoms with Crippen molar-refractivity contribution < 1.29 is 8.42 Å². The Labute approximate surface area is 109 Å². The van der Waals surface area contributed by atoms with Crippen molar-refractivity contribution >= 4 is 15.7 Å². The third kappa shape index (κ3) is 3.46. The van der Waals surface area contributed by atoms with Crippen LogP contribution in [0.2, 0.25) is 0 Å². The van der Waals surface area contributed by atoms with E-state index in [4.69, 9.17) is 0 Å². The standard InChI is InChI=1S/C13H20N2O2S/c1-10-5-6-11(2)13(8-10)15-18(16,17)9-12-4-3-7-14-12/h5-6,8,12,14-15H,3-4,7,9H2,1-2H3. The van der Waals surface area contributed by atoms with Crippen LogP contribution in [0.3, 0.4) is 0 Å². The van der Waals surface area contributed by atoms with Crippen LogP contribution in [0, 0.1) is 13.8 Å². The van der Waals surface area contributed by atoms with Crippen molar-refractivity contribution in [3.63, 3.8) is 0 Å². The molecule has 18 heavy (non-hydrogen) atoms. The van der Waals surface area contributed by atoms with Gasteiger partial charge < -0.3 is 5.32 Å². The van der Waals surface area contributed by atoms with E-state index in [2.05, 4.69) is 10.0 Å². The number of aryl methyl sites for hydroxylation is 2. The molecular weight excluding hydrogens is 248 g/mol. The van der Waals surface area contributed by atoms with E-state index in [1.807, 2.05) is 32.0 Å².